The van der Waals surface area contributed by atoms with Crippen LogP contribution in [0.2, 0.25) is 0 Å². The molecule has 0 aliphatic carbocycles. The maximum atomic E-state index is 13.8. The van der Waals surface area contributed by atoms with Crippen molar-refractivity contribution in [2.24, 2.45) is 0 Å². The Kier molecular flexibility index (Phi) is 2.79. The van der Waals surface area contributed by atoms with Gasteiger partial charge in [-0.1, -0.05) is 11.3 Å². The van der Waals surface area contributed by atoms with E-state index in [1.165, 1.54) is 15.9 Å². The van der Waals surface area contributed by atoms with Crippen molar-refractivity contribution in [3.63, 3.8) is 0 Å². The van der Waals surface area contributed by atoms with Crippen molar-refractivity contribution in [3.05, 3.63) is 40.5 Å². The fourth-order valence-electron chi connectivity index (χ4n) is 1.92. The van der Waals surface area contributed by atoms with Crippen molar-refractivity contribution < 1.29 is 13.9 Å². The van der Waals surface area contributed by atoms with Crippen LogP contribution in [-0.2, 0) is 6.61 Å². The Labute approximate surface area is 111 Å². The predicted octanol–water partition coefficient (Wildman–Crippen LogP) is 2.54. The van der Waals surface area contributed by atoms with E-state index in [-0.39, 0.29) is 17.9 Å². The Bertz CT molecular complexity index is 766. The van der Waals surface area contributed by atoms with Crippen LogP contribution in [0.4, 0.5) is 8.78 Å². The zero-order valence-electron chi connectivity index (χ0n) is 9.89. The van der Waals surface area contributed by atoms with Gasteiger partial charge in [-0.3, -0.25) is 0 Å². The molecule has 1 N–H and O–H groups in total. The van der Waals surface area contributed by atoms with Crippen LogP contribution in [0.15, 0.2) is 18.2 Å². The predicted molar refractivity (Wildman–Crippen MR) is 66.9 cm³/mol. The molecule has 3 aromatic rings. The second kappa shape index (κ2) is 4.36. The number of imidazole rings is 1. The number of hydrogen-bond acceptors (Lipinski definition) is 4. The normalized spacial score (nSPS) is 11.4. The highest BCUT2D eigenvalue weighted by atomic mass is 32.1. The molecule has 7 heteroatoms. The van der Waals surface area contributed by atoms with Gasteiger partial charge in [0.05, 0.1) is 12.3 Å². The van der Waals surface area contributed by atoms with Crippen molar-refractivity contribution in [1.82, 2.24) is 14.6 Å². The fraction of sp³-hybridized carbons (Fsp3) is 0.167. The number of aromatic nitrogens is 3. The van der Waals surface area contributed by atoms with Crippen LogP contribution in [0.25, 0.3) is 16.2 Å². The average Bonchev–Trinajstić information content (AvgIpc) is 2.87. The molecule has 0 aliphatic rings. The summed E-state index contributed by atoms with van der Waals surface area (Å²) < 4.78 is 28.5. The van der Waals surface area contributed by atoms with Crippen LogP contribution in [0.1, 0.15) is 10.7 Å². The topological polar surface area (TPSA) is 50.4 Å². The molecule has 0 bridgehead atoms. The zero-order chi connectivity index (χ0) is 13.6. The van der Waals surface area contributed by atoms with Gasteiger partial charge in [0.15, 0.2) is 0 Å². The monoisotopic (exact) mass is 281 g/mol. The van der Waals surface area contributed by atoms with Crippen molar-refractivity contribution in [2.75, 3.05) is 0 Å². The molecule has 98 valence electrons. The highest BCUT2D eigenvalue weighted by Crippen LogP contribution is 2.29. The number of aryl methyl sites for hydroxylation is 1. The Balaban J connectivity index is 2.29. The summed E-state index contributed by atoms with van der Waals surface area (Å²) in [6.45, 7) is 1.46. The van der Waals surface area contributed by atoms with Gasteiger partial charge < -0.3 is 5.11 Å². The van der Waals surface area contributed by atoms with Crippen molar-refractivity contribution >= 4 is 16.3 Å². The minimum atomic E-state index is -0.585. The molecule has 4 nitrogen and oxygen atoms in total. The Morgan fingerprint density at radius 3 is 2.89 bits per heavy atom. The highest BCUT2D eigenvalue weighted by Gasteiger charge is 2.19. The Morgan fingerprint density at radius 1 is 1.37 bits per heavy atom. The molecule has 0 saturated carbocycles. The summed E-state index contributed by atoms with van der Waals surface area (Å²) in [4.78, 5) is 4.77. The number of hydrogen-bond donors (Lipinski definition) is 1. The second-order valence-electron chi connectivity index (χ2n) is 4.00. The molecule has 19 heavy (non-hydrogen) atoms. The van der Waals surface area contributed by atoms with Crippen molar-refractivity contribution in [2.45, 2.75) is 13.5 Å². The number of halogens is 2. The van der Waals surface area contributed by atoms with Gasteiger partial charge in [0.1, 0.15) is 22.3 Å². The lowest BCUT2D eigenvalue weighted by molar-refractivity contribution is 0.275. The molecule has 3 rings (SSSR count). The Hall–Kier alpha value is -1.86. The lowest BCUT2D eigenvalue weighted by Crippen LogP contribution is -1.97. The molecule has 0 fully saturated rings. The van der Waals surface area contributed by atoms with E-state index in [9.17, 15) is 13.9 Å². The molecule has 1 aromatic carbocycles. The summed E-state index contributed by atoms with van der Waals surface area (Å²) in [5.41, 5.74) is 0.599. The van der Waals surface area contributed by atoms with Gasteiger partial charge >= 0.3 is 0 Å². The molecular weight excluding hydrogens is 272 g/mol. The van der Waals surface area contributed by atoms with Crippen molar-refractivity contribution in [3.8, 4) is 11.3 Å². The van der Waals surface area contributed by atoms with E-state index in [1.807, 2.05) is 6.92 Å². The van der Waals surface area contributed by atoms with Crippen LogP contribution in [-0.4, -0.2) is 19.7 Å². The van der Waals surface area contributed by atoms with E-state index in [0.29, 0.717) is 10.7 Å². The maximum absolute atomic E-state index is 13.8. The van der Waals surface area contributed by atoms with Gasteiger partial charge in [0, 0.05) is 5.56 Å². The summed E-state index contributed by atoms with van der Waals surface area (Å²) in [6, 6.07) is 3.14. The van der Waals surface area contributed by atoms with Crippen molar-refractivity contribution in [1.29, 1.82) is 0 Å². The van der Waals surface area contributed by atoms with E-state index in [2.05, 4.69) is 10.1 Å². The summed E-state index contributed by atoms with van der Waals surface area (Å²) in [7, 11) is 0. The largest absolute Gasteiger partial charge is 0.390 e. The molecule has 2 heterocycles. The number of fused-ring (bicyclic) bond motifs is 1. The van der Waals surface area contributed by atoms with E-state index in [1.54, 1.807) is 0 Å². The van der Waals surface area contributed by atoms with Gasteiger partial charge in [-0.15, -0.1) is 0 Å². The minimum Gasteiger partial charge on any atom is -0.390 e. The second-order valence-corrected chi connectivity index (χ2v) is 5.16. The Morgan fingerprint density at radius 2 is 2.16 bits per heavy atom. The SMILES string of the molecule is Cc1nn2c(CO)c(-c3cc(F)ccc3F)nc2s1. The number of nitrogens with zero attached hydrogens (tertiary/aromatic N) is 3. The molecule has 0 aliphatic heterocycles. The fourth-order valence-corrected chi connectivity index (χ4v) is 2.68. The third-order valence-corrected chi connectivity index (χ3v) is 3.55. The zero-order valence-corrected chi connectivity index (χ0v) is 10.7. The number of aliphatic hydroxyl groups excluding tert-OH is 1. The third-order valence-electron chi connectivity index (χ3n) is 2.73. The number of benzene rings is 1. The summed E-state index contributed by atoms with van der Waals surface area (Å²) in [5.74, 6) is -1.14. The van der Waals surface area contributed by atoms with Gasteiger partial charge in [0.2, 0.25) is 4.96 Å². The number of aliphatic hydroxyl groups is 1. The summed E-state index contributed by atoms with van der Waals surface area (Å²) >= 11 is 1.32. The van der Waals surface area contributed by atoms with E-state index in [0.717, 1.165) is 23.2 Å². The first-order chi connectivity index (χ1) is 9.10. The molecule has 0 saturated heterocycles. The smallest absolute Gasteiger partial charge is 0.213 e. The minimum absolute atomic E-state index is 0.0272. The standard InChI is InChI=1S/C12H9F2N3OS/c1-6-16-17-10(5-18)11(15-12(17)19-6)8-4-7(13)2-3-9(8)14/h2-4,18H,5H2,1H3. The lowest BCUT2D eigenvalue weighted by Gasteiger charge is -2.02. The van der Waals surface area contributed by atoms with Gasteiger partial charge in [-0.05, 0) is 25.1 Å². The molecule has 0 atom stereocenters. The van der Waals surface area contributed by atoms with Crippen LogP contribution >= 0.6 is 11.3 Å². The lowest BCUT2D eigenvalue weighted by atomic mass is 10.1. The molecule has 0 unspecified atom stereocenters. The van der Waals surface area contributed by atoms with Gasteiger partial charge in [-0.2, -0.15) is 5.10 Å². The van der Waals surface area contributed by atoms with E-state index >= 15 is 0 Å². The van der Waals surface area contributed by atoms with Gasteiger partial charge in [0.25, 0.3) is 0 Å². The number of rotatable bonds is 2. The molecule has 0 spiro atoms. The molecule has 2 aromatic heterocycles. The highest BCUT2D eigenvalue weighted by molar-refractivity contribution is 7.16. The molecular formula is C12H9F2N3OS. The van der Waals surface area contributed by atoms with Crippen LogP contribution < -0.4 is 0 Å². The van der Waals surface area contributed by atoms with Crippen LogP contribution in [0.3, 0.4) is 0 Å². The van der Waals surface area contributed by atoms with E-state index < -0.39 is 11.6 Å². The average molecular weight is 281 g/mol. The molecule has 0 radical (unpaired) electrons. The van der Waals surface area contributed by atoms with Crippen LogP contribution in [0, 0.1) is 18.6 Å². The first-order valence-electron chi connectivity index (χ1n) is 5.51. The summed E-state index contributed by atoms with van der Waals surface area (Å²) in [5, 5.41) is 14.4. The van der Waals surface area contributed by atoms with Crippen LogP contribution in [0.5, 0.6) is 0 Å². The maximum Gasteiger partial charge on any atom is 0.213 e. The molecule has 0 amide bonds. The summed E-state index contributed by atoms with van der Waals surface area (Å²) in [6.07, 6.45) is 0. The van der Waals surface area contributed by atoms with E-state index in [4.69, 9.17) is 0 Å². The first-order valence-corrected chi connectivity index (χ1v) is 6.33. The quantitative estimate of drug-likeness (QED) is 0.785. The van der Waals surface area contributed by atoms with Gasteiger partial charge in [-0.25, -0.2) is 18.3 Å². The third kappa shape index (κ3) is 1.91. The first kappa shape index (κ1) is 12.2.